The van der Waals surface area contributed by atoms with Crippen molar-refractivity contribution in [3.8, 4) is 0 Å². The summed E-state index contributed by atoms with van der Waals surface area (Å²) in [5.74, 6) is 0.431. The first-order chi connectivity index (χ1) is 9.53. The van der Waals surface area contributed by atoms with Crippen LogP contribution in [0.1, 0.15) is 44.1 Å². The molecule has 0 unspecified atom stereocenters. The van der Waals surface area contributed by atoms with Crippen LogP contribution < -0.4 is 5.73 Å². The molecule has 1 aromatic heterocycles. The highest BCUT2D eigenvalue weighted by atomic mass is 16.2. The van der Waals surface area contributed by atoms with Gasteiger partial charge in [0.25, 0.3) is 0 Å². The molecule has 1 aliphatic heterocycles. The van der Waals surface area contributed by atoms with Crippen LogP contribution in [0.2, 0.25) is 0 Å². The number of imide groups is 1. The van der Waals surface area contributed by atoms with Gasteiger partial charge in [0.05, 0.1) is 18.2 Å². The third-order valence-corrected chi connectivity index (χ3v) is 4.69. The number of hydrogen-bond donors (Lipinski definition) is 1. The molecule has 2 aliphatic rings. The minimum atomic E-state index is -0.424. The second-order valence-corrected chi connectivity index (χ2v) is 5.98. The van der Waals surface area contributed by atoms with Gasteiger partial charge >= 0.3 is 0 Å². The first-order valence-electron chi connectivity index (χ1n) is 7.15. The summed E-state index contributed by atoms with van der Waals surface area (Å²) in [6, 6.07) is 0. The molecule has 2 amide bonds. The molecule has 108 valence electrons. The van der Waals surface area contributed by atoms with Crippen LogP contribution >= 0.6 is 0 Å². The Kier molecular flexibility index (Phi) is 3.03. The molecule has 2 N–H and O–H groups in total. The molecule has 20 heavy (non-hydrogen) atoms. The summed E-state index contributed by atoms with van der Waals surface area (Å²) in [6.07, 6.45) is 6.93. The Morgan fingerprint density at radius 1 is 1.30 bits per heavy atom. The maximum Gasteiger partial charge on any atom is 0.236 e. The average Bonchev–Trinajstić information content (AvgIpc) is 2.86. The Morgan fingerprint density at radius 2 is 2.00 bits per heavy atom. The standard InChI is InChI=1S/C14H20N4O2/c1-17-12(15)10(8-16-17)9-18-11(19)7-14(13(18)20)5-3-2-4-6-14/h8H,2-7,9,15H2,1H3. The smallest absolute Gasteiger partial charge is 0.236 e. The molecule has 1 aromatic rings. The third-order valence-electron chi connectivity index (χ3n) is 4.69. The third kappa shape index (κ3) is 1.90. The fourth-order valence-electron chi connectivity index (χ4n) is 3.42. The summed E-state index contributed by atoms with van der Waals surface area (Å²) in [6.45, 7) is 0.249. The van der Waals surface area contributed by atoms with Gasteiger partial charge in [-0.05, 0) is 12.8 Å². The highest BCUT2D eigenvalue weighted by Crippen LogP contribution is 2.45. The van der Waals surface area contributed by atoms with Gasteiger partial charge in [0.1, 0.15) is 5.82 Å². The highest BCUT2D eigenvalue weighted by molar-refractivity contribution is 6.05. The van der Waals surface area contributed by atoms with Crippen LogP contribution in [0.3, 0.4) is 0 Å². The molecule has 1 saturated carbocycles. The van der Waals surface area contributed by atoms with Crippen LogP contribution in [0.25, 0.3) is 0 Å². The van der Waals surface area contributed by atoms with Crippen LogP contribution in [-0.2, 0) is 23.2 Å². The molecule has 0 atom stereocenters. The Hall–Kier alpha value is -1.85. The zero-order valence-electron chi connectivity index (χ0n) is 11.8. The van der Waals surface area contributed by atoms with E-state index < -0.39 is 5.41 Å². The quantitative estimate of drug-likeness (QED) is 0.823. The van der Waals surface area contributed by atoms with Crippen molar-refractivity contribution in [2.24, 2.45) is 12.5 Å². The predicted molar refractivity (Wildman–Crippen MR) is 73.3 cm³/mol. The number of aromatic nitrogens is 2. The average molecular weight is 276 g/mol. The van der Waals surface area contributed by atoms with Crippen LogP contribution in [0.15, 0.2) is 6.20 Å². The zero-order chi connectivity index (χ0) is 14.3. The van der Waals surface area contributed by atoms with Crippen LogP contribution in [0.4, 0.5) is 5.82 Å². The van der Waals surface area contributed by atoms with E-state index in [9.17, 15) is 9.59 Å². The molecule has 1 saturated heterocycles. The van der Waals surface area contributed by atoms with Gasteiger partial charge < -0.3 is 5.73 Å². The van der Waals surface area contributed by atoms with Crippen LogP contribution in [0, 0.1) is 5.41 Å². The molecule has 6 nitrogen and oxygen atoms in total. The monoisotopic (exact) mass is 276 g/mol. The van der Waals surface area contributed by atoms with Gasteiger partial charge in [-0.3, -0.25) is 19.2 Å². The molecule has 0 bridgehead atoms. The summed E-state index contributed by atoms with van der Waals surface area (Å²) in [5.41, 5.74) is 6.21. The largest absolute Gasteiger partial charge is 0.384 e. The lowest BCUT2D eigenvalue weighted by Crippen LogP contribution is -2.36. The van der Waals surface area contributed by atoms with Crippen molar-refractivity contribution in [3.63, 3.8) is 0 Å². The van der Waals surface area contributed by atoms with E-state index >= 15 is 0 Å². The van der Waals surface area contributed by atoms with Crippen molar-refractivity contribution in [2.45, 2.75) is 45.1 Å². The number of nitrogens with zero attached hydrogens (tertiary/aromatic N) is 3. The number of likely N-dealkylation sites (tertiary alicyclic amines) is 1. The number of nitrogen functional groups attached to an aromatic ring is 1. The van der Waals surface area contributed by atoms with E-state index in [0.29, 0.717) is 12.2 Å². The van der Waals surface area contributed by atoms with Gasteiger partial charge in [0.15, 0.2) is 0 Å². The van der Waals surface area contributed by atoms with E-state index in [1.165, 1.54) is 11.3 Å². The van der Waals surface area contributed by atoms with Crippen LogP contribution in [-0.4, -0.2) is 26.5 Å². The summed E-state index contributed by atoms with van der Waals surface area (Å²) < 4.78 is 1.55. The fraction of sp³-hybridized carbons (Fsp3) is 0.643. The molecular weight excluding hydrogens is 256 g/mol. The maximum atomic E-state index is 12.7. The summed E-state index contributed by atoms with van der Waals surface area (Å²) in [5, 5.41) is 4.05. The lowest BCUT2D eigenvalue weighted by atomic mass is 9.73. The van der Waals surface area contributed by atoms with Crippen molar-refractivity contribution in [1.29, 1.82) is 0 Å². The normalized spacial score (nSPS) is 21.9. The van der Waals surface area contributed by atoms with E-state index in [1.54, 1.807) is 17.9 Å². The molecular formula is C14H20N4O2. The lowest BCUT2D eigenvalue weighted by molar-refractivity contribution is -0.142. The number of anilines is 1. The van der Waals surface area contributed by atoms with Gasteiger partial charge in [0.2, 0.25) is 11.8 Å². The topological polar surface area (TPSA) is 81.2 Å². The molecule has 2 heterocycles. The van der Waals surface area contributed by atoms with Gasteiger partial charge in [-0.15, -0.1) is 0 Å². The van der Waals surface area contributed by atoms with Gasteiger partial charge in [-0.25, -0.2) is 0 Å². The van der Waals surface area contributed by atoms with E-state index in [2.05, 4.69) is 5.10 Å². The molecule has 0 radical (unpaired) electrons. The SMILES string of the molecule is Cn1ncc(CN2C(=O)CC3(CCCCC3)C2=O)c1N. The molecule has 3 rings (SSSR count). The number of rotatable bonds is 2. The fourth-order valence-corrected chi connectivity index (χ4v) is 3.42. The molecule has 2 fully saturated rings. The van der Waals surface area contributed by atoms with Crippen molar-refractivity contribution in [1.82, 2.24) is 14.7 Å². The van der Waals surface area contributed by atoms with E-state index in [4.69, 9.17) is 5.73 Å². The number of aryl methyl sites for hydroxylation is 1. The second-order valence-electron chi connectivity index (χ2n) is 5.98. The van der Waals surface area contributed by atoms with Gasteiger partial charge in [0, 0.05) is 19.0 Å². The second kappa shape index (κ2) is 4.61. The van der Waals surface area contributed by atoms with Gasteiger partial charge in [-0.2, -0.15) is 5.10 Å². The minimum Gasteiger partial charge on any atom is -0.384 e. The Morgan fingerprint density at radius 3 is 2.60 bits per heavy atom. The number of hydrogen-bond acceptors (Lipinski definition) is 4. The highest BCUT2D eigenvalue weighted by Gasteiger charge is 2.51. The Balaban J connectivity index is 1.82. The Bertz CT molecular complexity index is 558. The molecule has 1 spiro atoms. The zero-order valence-corrected chi connectivity index (χ0v) is 11.8. The first kappa shape index (κ1) is 13.1. The van der Waals surface area contributed by atoms with Crippen molar-refractivity contribution < 1.29 is 9.59 Å². The van der Waals surface area contributed by atoms with E-state index in [-0.39, 0.29) is 18.4 Å². The lowest BCUT2D eigenvalue weighted by Gasteiger charge is -2.30. The van der Waals surface area contributed by atoms with E-state index in [0.717, 1.165) is 31.2 Å². The molecule has 0 aromatic carbocycles. The van der Waals surface area contributed by atoms with Crippen LogP contribution in [0.5, 0.6) is 0 Å². The van der Waals surface area contributed by atoms with Crippen molar-refractivity contribution in [2.75, 3.05) is 5.73 Å². The Labute approximate surface area is 117 Å². The maximum absolute atomic E-state index is 12.7. The predicted octanol–water partition coefficient (Wildman–Crippen LogP) is 1.21. The number of amides is 2. The summed E-state index contributed by atoms with van der Waals surface area (Å²) in [7, 11) is 1.75. The molecule has 1 aliphatic carbocycles. The van der Waals surface area contributed by atoms with E-state index in [1.807, 2.05) is 0 Å². The number of carbonyl (C=O) groups excluding carboxylic acids is 2. The van der Waals surface area contributed by atoms with Crippen molar-refractivity contribution in [3.05, 3.63) is 11.8 Å². The summed E-state index contributed by atoms with van der Waals surface area (Å²) >= 11 is 0. The van der Waals surface area contributed by atoms with Gasteiger partial charge in [-0.1, -0.05) is 19.3 Å². The number of nitrogens with two attached hydrogens (primary N) is 1. The number of carbonyl (C=O) groups is 2. The van der Waals surface area contributed by atoms with Crippen molar-refractivity contribution >= 4 is 17.6 Å². The molecule has 6 heteroatoms. The summed E-state index contributed by atoms with van der Waals surface area (Å²) in [4.78, 5) is 26.2. The first-order valence-corrected chi connectivity index (χ1v) is 7.15. The minimum absolute atomic E-state index is 0.00884.